The van der Waals surface area contributed by atoms with Crippen molar-refractivity contribution >= 4 is 28.8 Å². The second kappa shape index (κ2) is 12.8. The molecule has 0 unspecified atom stereocenters. The highest BCUT2D eigenvalue weighted by molar-refractivity contribution is 7.07. The van der Waals surface area contributed by atoms with Crippen LogP contribution in [0.15, 0.2) is 46.9 Å². The Hall–Kier alpha value is -3.50. The van der Waals surface area contributed by atoms with Gasteiger partial charge in [-0.25, -0.2) is 0 Å². The van der Waals surface area contributed by atoms with Crippen molar-refractivity contribution in [2.75, 3.05) is 39.2 Å². The number of ether oxygens (including phenoxy) is 2. The van der Waals surface area contributed by atoms with Crippen LogP contribution in [0, 0.1) is 6.92 Å². The maximum Gasteiger partial charge on any atom is 0.281 e. The minimum atomic E-state index is -0.351. The fraction of sp³-hybridized carbons (Fsp3) is 0.360. The summed E-state index contributed by atoms with van der Waals surface area (Å²) in [6.45, 7) is 5.44. The van der Waals surface area contributed by atoms with Crippen molar-refractivity contribution in [1.29, 1.82) is 0 Å². The van der Waals surface area contributed by atoms with Crippen LogP contribution in [0.3, 0.4) is 0 Å². The molecule has 2 heterocycles. The van der Waals surface area contributed by atoms with Gasteiger partial charge in [0.25, 0.3) is 5.91 Å². The molecule has 2 N–H and O–H groups in total. The molecule has 10 heteroatoms. The van der Waals surface area contributed by atoms with Crippen LogP contribution in [0.1, 0.15) is 29.4 Å². The monoisotopic (exact) mass is 497 g/mol. The number of aryl methyl sites for hydroxylation is 1. The molecule has 0 radical (unpaired) electrons. The average Bonchev–Trinajstić information content (AvgIpc) is 3.25. The standard InChI is InChI=1S/C25H31N5O4S/c1-5-34-22-10-9-18(13-20(22)26-3)21-16-35-25(29-24(32)19-8-7-17(2)28-14-19)30(21)12-6-11-27-23(31)15-33-4/h7-10,13-14,16,26H,5-6,11-12,15H2,1-4H3,(H,27,31). The Morgan fingerprint density at radius 2 is 2.06 bits per heavy atom. The number of pyridine rings is 1. The van der Waals surface area contributed by atoms with Gasteiger partial charge >= 0.3 is 0 Å². The predicted molar refractivity (Wildman–Crippen MR) is 137 cm³/mol. The van der Waals surface area contributed by atoms with Crippen molar-refractivity contribution in [2.45, 2.75) is 26.8 Å². The fourth-order valence-corrected chi connectivity index (χ4v) is 4.36. The fourth-order valence-electron chi connectivity index (χ4n) is 3.42. The van der Waals surface area contributed by atoms with Crippen LogP contribution in [0.4, 0.5) is 5.69 Å². The van der Waals surface area contributed by atoms with Crippen molar-refractivity contribution < 1.29 is 19.1 Å². The topological polar surface area (TPSA) is 107 Å². The molecule has 0 bridgehead atoms. The number of thiazole rings is 1. The smallest absolute Gasteiger partial charge is 0.281 e. The van der Waals surface area contributed by atoms with Crippen LogP contribution in [0.25, 0.3) is 11.3 Å². The number of carbonyl (C=O) groups excluding carboxylic acids is 2. The van der Waals surface area contributed by atoms with Gasteiger partial charge < -0.3 is 24.7 Å². The summed E-state index contributed by atoms with van der Waals surface area (Å²) < 4.78 is 12.6. The number of nitrogens with zero attached hydrogens (tertiary/aromatic N) is 3. The maximum absolute atomic E-state index is 12.8. The largest absolute Gasteiger partial charge is 0.492 e. The minimum Gasteiger partial charge on any atom is -0.492 e. The van der Waals surface area contributed by atoms with Gasteiger partial charge in [0.2, 0.25) is 5.91 Å². The van der Waals surface area contributed by atoms with Crippen molar-refractivity contribution in [3.05, 3.63) is 58.0 Å². The number of benzene rings is 1. The molecule has 0 aliphatic carbocycles. The van der Waals surface area contributed by atoms with E-state index in [1.165, 1.54) is 24.6 Å². The normalized spacial score (nSPS) is 11.4. The number of aromatic nitrogens is 2. The van der Waals surface area contributed by atoms with Gasteiger partial charge in [0.1, 0.15) is 12.4 Å². The van der Waals surface area contributed by atoms with Gasteiger partial charge in [-0.3, -0.25) is 14.6 Å². The highest BCUT2D eigenvalue weighted by Crippen LogP contribution is 2.31. The first kappa shape index (κ1) is 26.1. The first-order valence-electron chi connectivity index (χ1n) is 11.4. The zero-order valence-corrected chi connectivity index (χ0v) is 21.3. The van der Waals surface area contributed by atoms with Crippen molar-refractivity contribution in [1.82, 2.24) is 14.9 Å². The molecule has 0 atom stereocenters. The van der Waals surface area contributed by atoms with Gasteiger partial charge in [0.05, 0.1) is 23.6 Å². The van der Waals surface area contributed by atoms with Crippen LogP contribution in [-0.2, 0) is 16.1 Å². The summed E-state index contributed by atoms with van der Waals surface area (Å²) in [5.74, 6) is 0.254. The third kappa shape index (κ3) is 7.00. The van der Waals surface area contributed by atoms with E-state index < -0.39 is 0 Å². The maximum atomic E-state index is 12.8. The Morgan fingerprint density at radius 1 is 1.23 bits per heavy atom. The molecule has 2 amide bonds. The lowest BCUT2D eigenvalue weighted by Gasteiger charge is -2.14. The molecule has 3 aromatic rings. The van der Waals surface area contributed by atoms with E-state index in [-0.39, 0.29) is 18.4 Å². The van der Waals surface area contributed by atoms with Crippen LogP contribution >= 0.6 is 11.3 Å². The minimum absolute atomic E-state index is 0.0233. The number of hydrogen-bond donors (Lipinski definition) is 2. The van der Waals surface area contributed by atoms with Gasteiger partial charge in [0, 0.05) is 50.1 Å². The summed E-state index contributed by atoms with van der Waals surface area (Å²) >= 11 is 1.39. The third-order valence-electron chi connectivity index (χ3n) is 5.15. The van der Waals surface area contributed by atoms with E-state index in [4.69, 9.17) is 9.47 Å². The molecule has 2 aromatic heterocycles. The molecular weight excluding hydrogens is 466 g/mol. The van der Waals surface area contributed by atoms with E-state index in [0.717, 1.165) is 28.4 Å². The zero-order chi connectivity index (χ0) is 25.2. The summed E-state index contributed by atoms with van der Waals surface area (Å²) in [5, 5.41) is 7.99. The van der Waals surface area contributed by atoms with Gasteiger partial charge in [0.15, 0.2) is 4.80 Å². The molecule has 0 saturated heterocycles. The van der Waals surface area contributed by atoms with Crippen LogP contribution in [0.2, 0.25) is 0 Å². The zero-order valence-electron chi connectivity index (χ0n) is 20.5. The first-order chi connectivity index (χ1) is 17.0. The van der Waals surface area contributed by atoms with Crippen LogP contribution in [0.5, 0.6) is 5.75 Å². The van der Waals surface area contributed by atoms with Crippen LogP contribution < -0.4 is 20.2 Å². The molecule has 0 spiro atoms. The SMILES string of the molecule is CCOc1ccc(-c2csc(=NC(=O)c3ccc(C)nc3)n2CCCNC(=O)COC)cc1NC. The molecule has 0 aliphatic rings. The average molecular weight is 498 g/mol. The van der Waals surface area contributed by atoms with E-state index in [1.807, 2.05) is 49.0 Å². The van der Waals surface area contributed by atoms with Gasteiger partial charge in [-0.15, -0.1) is 11.3 Å². The highest BCUT2D eigenvalue weighted by atomic mass is 32.1. The molecule has 9 nitrogen and oxygen atoms in total. The lowest BCUT2D eigenvalue weighted by Crippen LogP contribution is -2.29. The third-order valence-corrected chi connectivity index (χ3v) is 6.02. The molecule has 0 fully saturated rings. The Labute approximate surface area is 208 Å². The van der Waals surface area contributed by atoms with Crippen molar-refractivity contribution in [3.63, 3.8) is 0 Å². The van der Waals surface area contributed by atoms with Crippen LogP contribution in [-0.4, -0.2) is 55.3 Å². The van der Waals surface area contributed by atoms with E-state index >= 15 is 0 Å². The van der Waals surface area contributed by atoms with E-state index in [9.17, 15) is 9.59 Å². The van der Waals surface area contributed by atoms with Gasteiger partial charge in [-0.1, -0.05) is 0 Å². The molecule has 0 saturated carbocycles. The Balaban J connectivity index is 1.94. The van der Waals surface area contributed by atoms with E-state index in [0.29, 0.717) is 36.5 Å². The Morgan fingerprint density at radius 3 is 2.74 bits per heavy atom. The quantitative estimate of drug-likeness (QED) is 0.394. The Bertz CT molecular complexity index is 1220. The molecule has 186 valence electrons. The highest BCUT2D eigenvalue weighted by Gasteiger charge is 2.13. The lowest BCUT2D eigenvalue weighted by atomic mass is 10.1. The van der Waals surface area contributed by atoms with Gasteiger partial charge in [-0.2, -0.15) is 4.99 Å². The molecular formula is C25H31N5O4S. The number of rotatable bonds is 11. The molecule has 0 aliphatic heterocycles. The number of nitrogens with one attached hydrogen (secondary N) is 2. The molecule has 1 aromatic carbocycles. The summed E-state index contributed by atoms with van der Waals surface area (Å²) in [7, 11) is 3.33. The summed E-state index contributed by atoms with van der Waals surface area (Å²) in [6, 6.07) is 9.44. The van der Waals surface area contributed by atoms with Gasteiger partial charge in [-0.05, 0) is 50.6 Å². The number of hydrogen-bond acceptors (Lipinski definition) is 7. The number of methoxy groups -OCH3 is 1. The second-order valence-corrected chi connectivity index (χ2v) is 8.53. The first-order valence-corrected chi connectivity index (χ1v) is 12.3. The van der Waals surface area contributed by atoms with Crippen molar-refractivity contribution in [2.24, 2.45) is 4.99 Å². The second-order valence-electron chi connectivity index (χ2n) is 7.69. The predicted octanol–water partition coefficient (Wildman–Crippen LogP) is 3.25. The summed E-state index contributed by atoms with van der Waals surface area (Å²) in [4.78, 5) is 33.7. The van der Waals surface area contributed by atoms with E-state index in [2.05, 4.69) is 20.6 Å². The number of amides is 2. The van der Waals surface area contributed by atoms with Crippen molar-refractivity contribution in [3.8, 4) is 17.0 Å². The number of carbonyl (C=O) groups is 2. The van der Waals surface area contributed by atoms with E-state index in [1.54, 1.807) is 12.1 Å². The number of anilines is 1. The Kier molecular flexibility index (Phi) is 9.56. The molecule has 35 heavy (non-hydrogen) atoms. The summed E-state index contributed by atoms with van der Waals surface area (Å²) in [5.41, 5.74) is 4.02. The summed E-state index contributed by atoms with van der Waals surface area (Å²) in [6.07, 6.45) is 2.19. The molecule has 3 rings (SSSR count). The lowest BCUT2D eigenvalue weighted by molar-refractivity contribution is -0.124.